The average molecular weight is 438 g/mol. The van der Waals surface area contributed by atoms with Gasteiger partial charge in [-0.1, -0.05) is 23.7 Å². The quantitative estimate of drug-likeness (QED) is 0.751. The largest absolute Gasteiger partial charge is 0.479 e. The third kappa shape index (κ3) is 5.27. The van der Waals surface area contributed by atoms with Crippen molar-refractivity contribution in [2.75, 3.05) is 38.5 Å². The first-order chi connectivity index (χ1) is 13.8. The Labute approximate surface area is 176 Å². The predicted octanol–water partition coefficient (Wildman–Crippen LogP) is 2.68. The fraction of sp³-hybridized carbons (Fsp3) is 0.350. The molecule has 156 valence electrons. The first-order valence-corrected chi connectivity index (χ1v) is 11.1. The molecule has 9 heteroatoms. The van der Waals surface area contributed by atoms with Gasteiger partial charge in [0, 0.05) is 31.9 Å². The van der Waals surface area contributed by atoms with Crippen molar-refractivity contribution >= 4 is 33.2 Å². The number of ether oxygens (including phenoxy) is 1. The van der Waals surface area contributed by atoms with Crippen LogP contribution in [0.25, 0.3) is 0 Å². The molecule has 0 unspecified atom stereocenters. The van der Waals surface area contributed by atoms with Crippen molar-refractivity contribution in [2.45, 2.75) is 17.9 Å². The number of carbonyl (C=O) groups is 1. The Morgan fingerprint density at radius 2 is 1.69 bits per heavy atom. The summed E-state index contributed by atoms with van der Waals surface area (Å²) in [5.41, 5.74) is 0.488. The molecule has 1 amide bonds. The molecule has 1 aliphatic rings. The van der Waals surface area contributed by atoms with Crippen LogP contribution in [-0.4, -0.2) is 62.9 Å². The number of nitrogens with one attached hydrogen (secondary N) is 1. The van der Waals surface area contributed by atoms with E-state index < -0.39 is 16.1 Å². The van der Waals surface area contributed by atoms with Crippen molar-refractivity contribution < 1.29 is 17.9 Å². The molecule has 1 saturated heterocycles. The van der Waals surface area contributed by atoms with Gasteiger partial charge in [0.2, 0.25) is 10.0 Å². The molecule has 1 heterocycles. The van der Waals surface area contributed by atoms with Crippen molar-refractivity contribution in [1.82, 2.24) is 9.21 Å². The summed E-state index contributed by atoms with van der Waals surface area (Å²) in [4.78, 5) is 14.7. The van der Waals surface area contributed by atoms with Crippen LogP contribution in [-0.2, 0) is 14.8 Å². The number of hydrogen-bond donors (Lipinski definition) is 1. The second kappa shape index (κ2) is 9.13. The number of anilines is 1. The van der Waals surface area contributed by atoms with Gasteiger partial charge in [0.05, 0.1) is 9.92 Å². The molecule has 1 N–H and O–H groups in total. The third-order valence-electron chi connectivity index (χ3n) is 4.73. The summed E-state index contributed by atoms with van der Waals surface area (Å²) in [6.07, 6.45) is -0.774. The minimum Gasteiger partial charge on any atom is -0.479 e. The molecule has 7 nitrogen and oxygen atoms in total. The smallest absolute Gasteiger partial charge is 0.265 e. The molecule has 0 spiro atoms. The van der Waals surface area contributed by atoms with Gasteiger partial charge in [-0.3, -0.25) is 4.79 Å². The van der Waals surface area contributed by atoms with E-state index in [1.807, 2.05) is 7.05 Å². The minimum atomic E-state index is -3.54. The van der Waals surface area contributed by atoms with E-state index in [0.717, 1.165) is 0 Å². The highest BCUT2D eigenvalue weighted by Crippen LogP contribution is 2.25. The lowest BCUT2D eigenvalue weighted by Gasteiger charge is -2.31. The molecule has 3 rings (SSSR count). The Balaban J connectivity index is 1.62. The minimum absolute atomic E-state index is 0.209. The highest BCUT2D eigenvalue weighted by molar-refractivity contribution is 7.89. The maximum atomic E-state index is 12.8. The number of amides is 1. The van der Waals surface area contributed by atoms with Gasteiger partial charge in [0.25, 0.3) is 5.91 Å². The summed E-state index contributed by atoms with van der Waals surface area (Å²) in [6, 6.07) is 13.1. The van der Waals surface area contributed by atoms with Crippen molar-refractivity contribution in [3.8, 4) is 5.75 Å². The summed E-state index contributed by atoms with van der Waals surface area (Å²) < 4.78 is 32.6. The maximum Gasteiger partial charge on any atom is 0.265 e. The molecular weight excluding hydrogens is 414 g/mol. The predicted molar refractivity (Wildman–Crippen MR) is 113 cm³/mol. The zero-order valence-corrected chi connectivity index (χ0v) is 17.9. The highest BCUT2D eigenvalue weighted by atomic mass is 35.5. The molecule has 2 aromatic rings. The van der Waals surface area contributed by atoms with Crippen LogP contribution >= 0.6 is 11.6 Å². The van der Waals surface area contributed by atoms with Gasteiger partial charge in [-0.15, -0.1) is 0 Å². The molecule has 29 heavy (non-hydrogen) atoms. The van der Waals surface area contributed by atoms with Crippen LogP contribution in [0.5, 0.6) is 5.75 Å². The SMILES string of the molecule is C[C@@H](Oc1ccccc1Cl)C(=O)Nc1ccc(S(=O)(=O)N2CCN(C)CC2)cc1. The Hall–Kier alpha value is -2.13. The number of nitrogens with zero attached hydrogens (tertiary/aromatic N) is 2. The highest BCUT2D eigenvalue weighted by Gasteiger charge is 2.27. The fourth-order valence-electron chi connectivity index (χ4n) is 2.92. The molecule has 0 aromatic heterocycles. The number of hydrogen-bond acceptors (Lipinski definition) is 5. The number of benzene rings is 2. The van der Waals surface area contributed by atoms with E-state index in [-0.39, 0.29) is 10.8 Å². The lowest BCUT2D eigenvalue weighted by molar-refractivity contribution is -0.122. The van der Waals surface area contributed by atoms with Crippen LogP contribution in [0.4, 0.5) is 5.69 Å². The average Bonchev–Trinajstić information content (AvgIpc) is 2.70. The number of sulfonamides is 1. The normalized spacial score (nSPS) is 16.9. The van der Waals surface area contributed by atoms with Crippen molar-refractivity contribution in [2.24, 2.45) is 0 Å². The summed E-state index contributed by atoms with van der Waals surface area (Å²) >= 11 is 6.05. The first-order valence-electron chi connectivity index (χ1n) is 9.28. The summed E-state index contributed by atoms with van der Waals surface area (Å²) in [5, 5.41) is 3.15. The van der Waals surface area contributed by atoms with Crippen LogP contribution in [0, 0.1) is 0 Å². The molecule has 1 fully saturated rings. The first kappa shape index (κ1) is 21.6. The number of carbonyl (C=O) groups excluding carboxylic acids is 1. The Morgan fingerprint density at radius 1 is 1.07 bits per heavy atom. The van der Waals surface area contributed by atoms with Crippen LogP contribution in [0.1, 0.15) is 6.92 Å². The van der Waals surface area contributed by atoms with Gasteiger partial charge < -0.3 is 15.0 Å². The van der Waals surface area contributed by atoms with Gasteiger partial charge in [0.1, 0.15) is 5.75 Å². The number of rotatable bonds is 6. The molecule has 1 aliphatic heterocycles. The number of para-hydroxylation sites is 1. The van der Waals surface area contributed by atoms with E-state index in [2.05, 4.69) is 10.2 Å². The van der Waals surface area contributed by atoms with Crippen molar-refractivity contribution in [1.29, 1.82) is 0 Å². The van der Waals surface area contributed by atoms with Gasteiger partial charge in [-0.25, -0.2) is 8.42 Å². The zero-order valence-electron chi connectivity index (χ0n) is 16.3. The topological polar surface area (TPSA) is 78.9 Å². The number of piperazine rings is 1. The number of likely N-dealkylation sites (N-methyl/N-ethyl adjacent to an activating group) is 1. The second-order valence-corrected chi connectivity index (χ2v) is 9.26. The fourth-order valence-corrected chi connectivity index (χ4v) is 4.52. The monoisotopic (exact) mass is 437 g/mol. The Bertz CT molecular complexity index is 958. The Kier molecular flexibility index (Phi) is 6.79. The number of halogens is 1. The summed E-state index contributed by atoms with van der Waals surface area (Å²) in [7, 11) is -1.57. The molecule has 1 atom stereocenters. The van der Waals surface area contributed by atoms with Gasteiger partial charge in [0.15, 0.2) is 6.10 Å². The van der Waals surface area contributed by atoms with E-state index >= 15 is 0 Å². The van der Waals surface area contributed by atoms with Crippen LogP contribution in [0.2, 0.25) is 5.02 Å². The lowest BCUT2D eigenvalue weighted by Crippen LogP contribution is -2.46. The third-order valence-corrected chi connectivity index (χ3v) is 6.96. The van der Waals surface area contributed by atoms with Crippen LogP contribution < -0.4 is 10.1 Å². The van der Waals surface area contributed by atoms with Crippen molar-refractivity contribution in [3.63, 3.8) is 0 Å². The lowest BCUT2D eigenvalue weighted by atomic mass is 10.3. The molecular formula is C20H24ClN3O4S. The van der Waals surface area contributed by atoms with E-state index in [1.165, 1.54) is 16.4 Å². The summed E-state index contributed by atoms with van der Waals surface area (Å²) in [6.45, 7) is 3.96. The van der Waals surface area contributed by atoms with Gasteiger partial charge >= 0.3 is 0 Å². The Morgan fingerprint density at radius 3 is 2.31 bits per heavy atom. The maximum absolute atomic E-state index is 12.8. The summed E-state index contributed by atoms with van der Waals surface area (Å²) in [5.74, 6) is 0.0602. The van der Waals surface area contributed by atoms with E-state index in [1.54, 1.807) is 43.3 Å². The molecule has 0 bridgehead atoms. The molecule has 0 aliphatic carbocycles. The van der Waals surface area contributed by atoms with Crippen LogP contribution in [0.15, 0.2) is 53.4 Å². The second-order valence-electron chi connectivity index (χ2n) is 6.91. The zero-order chi connectivity index (χ0) is 21.0. The van der Waals surface area contributed by atoms with Crippen LogP contribution in [0.3, 0.4) is 0 Å². The van der Waals surface area contributed by atoms with E-state index in [9.17, 15) is 13.2 Å². The van der Waals surface area contributed by atoms with Gasteiger partial charge in [-0.2, -0.15) is 4.31 Å². The molecule has 2 aromatic carbocycles. The standard InChI is InChI=1S/C20H24ClN3O4S/c1-15(28-19-6-4-3-5-18(19)21)20(25)22-16-7-9-17(10-8-16)29(26,27)24-13-11-23(2)12-14-24/h3-10,15H,11-14H2,1-2H3,(H,22,25)/t15-/m1/s1. The molecule has 0 saturated carbocycles. The van der Waals surface area contributed by atoms with Crippen molar-refractivity contribution in [3.05, 3.63) is 53.6 Å². The van der Waals surface area contributed by atoms with E-state index in [0.29, 0.717) is 42.6 Å². The molecule has 0 radical (unpaired) electrons. The van der Waals surface area contributed by atoms with Gasteiger partial charge in [-0.05, 0) is 50.4 Å². The van der Waals surface area contributed by atoms with E-state index in [4.69, 9.17) is 16.3 Å².